The normalized spacial score (nSPS) is 10.2. The second kappa shape index (κ2) is 6.52. The first kappa shape index (κ1) is 14.5. The van der Waals surface area contributed by atoms with Crippen LogP contribution in [0.1, 0.15) is 18.9 Å². The molecule has 1 amide bonds. The molecular formula is C15H16BrN3O. The molecule has 1 aromatic carbocycles. The predicted octanol–water partition coefficient (Wildman–Crippen LogP) is 4.24. The van der Waals surface area contributed by atoms with Gasteiger partial charge >= 0.3 is 0 Å². The zero-order valence-electron chi connectivity index (χ0n) is 11.4. The zero-order valence-corrected chi connectivity index (χ0v) is 13.0. The van der Waals surface area contributed by atoms with Gasteiger partial charge in [0.25, 0.3) is 0 Å². The number of halogens is 1. The molecule has 4 nitrogen and oxygen atoms in total. The Morgan fingerprint density at radius 1 is 1.30 bits per heavy atom. The Hall–Kier alpha value is -1.88. The van der Waals surface area contributed by atoms with Gasteiger partial charge in [-0.15, -0.1) is 0 Å². The highest BCUT2D eigenvalue weighted by atomic mass is 79.9. The molecule has 0 aliphatic rings. The van der Waals surface area contributed by atoms with Crippen molar-refractivity contribution in [3.05, 3.63) is 46.6 Å². The van der Waals surface area contributed by atoms with E-state index in [1.165, 1.54) is 5.56 Å². The quantitative estimate of drug-likeness (QED) is 0.879. The van der Waals surface area contributed by atoms with Crippen LogP contribution in [0.3, 0.4) is 0 Å². The van der Waals surface area contributed by atoms with Crippen molar-refractivity contribution >= 4 is 39.0 Å². The first-order valence-electron chi connectivity index (χ1n) is 6.37. The summed E-state index contributed by atoms with van der Waals surface area (Å²) >= 11 is 3.52. The molecule has 0 fully saturated rings. The van der Waals surface area contributed by atoms with E-state index in [-0.39, 0.29) is 5.91 Å². The molecule has 1 aromatic heterocycles. The monoisotopic (exact) mass is 333 g/mol. The van der Waals surface area contributed by atoms with Gasteiger partial charge in [0.1, 0.15) is 5.82 Å². The first-order chi connectivity index (χ1) is 9.58. The van der Waals surface area contributed by atoms with Gasteiger partial charge in [-0.2, -0.15) is 0 Å². The number of anilines is 3. The number of amides is 1. The highest BCUT2D eigenvalue weighted by Crippen LogP contribution is 2.26. The largest absolute Gasteiger partial charge is 0.353 e. The number of hydrogen-bond acceptors (Lipinski definition) is 3. The van der Waals surface area contributed by atoms with Crippen LogP contribution in [0, 0.1) is 6.92 Å². The smallest absolute Gasteiger partial charge is 0.225 e. The number of nitrogens with zero attached hydrogens (tertiary/aromatic N) is 1. The number of aromatic nitrogens is 1. The topological polar surface area (TPSA) is 54.0 Å². The van der Waals surface area contributed by atoms with E-state index in [9.17, 15) is 4.79 Å². The molecular weight excluding hydrogens is 318 g/mol. The molecule has 0 aliphatic carbocycles. The number of carbonyl (C=O) groups is 1. The number of benzene rings is 1. The molecule has 0 atom stereocenters. The molecule has 20 heavy (non-hydrogen) atoms. The van der Waals surface area contributed by atoms with E-state index in [2.05, 4.69) is 31.5 Å². The van der Waals surface area contributed by atoms with E-state index in [0.29, 0.717) is 12.2 Å². The second-order valence-corrected chi connectivity index (χ2v) is 5.30. The molecule has 0 spiro atoms. The Bertz CT molecular complexity index is 611. The molecule has 0 saturated carbocycles. The van der Waals surface area contributed by atoms with Crippen molar-refractivity contribution in [2.75, 3.05) is 10.6 Å². The second-order valence-electron chi connectivity index (χ2n) is 4.44. The van der Waals surface area contributed by atoms with Gasteiger partial charge in [0.15, 0.2) is 0 Å². The lowest BCUT2D eigenvalue weighted by molar-refractivity contribution is -0.115. The van der Waals surface area contributed by atoms with Crippen molar-refractivity contribution in [1.29, 1.82) is 0 Å². The van der Waals surface area contributed by atoms with Gasteiger partial charge in [0, 0.05) is 10.9 Å². The Morgan fingerprint density at radius 3 is 2.70 bits per heavy atom. The maximum absolute atomic E-state index is 11.3. The summed E-state index contributed by atoms with van der Waals surface area (Å²) in [6.07, 6.45) is 2.13. The van der Waals surface area contributed by atoms with Crippen LogP contribution in [-0.4, -0.2) is 10.9 Å². The number of nitrogens with one attached hydrogen (secondary N) is 2. The SMILES string of the molecule is CCC(=O)Nc1ccc(Nc2ccc(C)cc2Br)cn1. The molecule has 2 N–H and O–H groups in total. The number of hydrogen-bond donors (Lipinski definition) is 2. The number of pyridine rings is 1. The van der Waals surface area contributed by atoms with E-state index in [1.807, 2.05) is 31.2 Å². The van der Waals surface area contributed by atoms with E-state index >= 15 is 0 Å². The molecule has 0 bridgehead atoms. The van der Waals surface area contributed by atoms with Gasteiger partial charge in [0.2, 0.25) is 5.91 Å². The van der Waals surface area contributed by atoms with Crippen molar-refractivity contribution in [2.45, 2.75) is 20.3 Å². The Kier molecular flexibility index (Phi) is 4.74. The molecule has 104 valence electrons. The standard InChI is InChI=1S/C15H16BrN3O/c1-3-15(20)19-14-7-5-11(9-17-14)18-13-6-4-10(2)8-12(13)16/h4-9,18H,3H2,1-2H3,(H,17,19,20). The van der Waals surface area contributed by atoms with Crippen LogP contribution in [-0.2, 0) is 4.79 Å². The Balaban J connectivity index is 2.08. The molecule has 1 heterocycles. The minimum Gasteiger partial charge on any atom is -0.353 e. The molecule has 0 aliphatic heterocycles. The summed E-state index contributed by atoms with van der Waals surface area (Å²) in [5.41, 5.74) is 3.03. The highest BCUT2D eigenvalue weighted by Gasteiger charge is 2.03. The third kappa shape index (κ3) is 3.81. The predicted molar refractivity (Wildman–Crippen MR) is 85.3 cm³/mol. The molecule has 0 radical (unpaired) electrons. The molecule has 2 aromatic rings. The molecule has 0 unspecified atom stereocenters. The first-order valence-corrected chi connectivity index (χ1v) is 7.17. The van der Waals surface area contributed by atoms with Gasteiger partial charge in [-0.3, -0.25) is 4.79 Å². The van der Waals surface area contributed by atoms with E-state index < -0.39 is 0 Å². The Labute approximate surface area is 126 Å². The number of rotatable bonds is 4. The van der Waals surface area contributed by atoms with Gasteiger partial charge in [0.05, 0.1) is 17.6 Å². The lowest BCUT2D eigenvalue weighted by Gasteiger charge is -2.10. The third-order valence-corrected chi connectivity index (χ3v) is 3.41. The number of carbonyl (C=O) groups excluding carboxylic acids is 1. The summed E-state index contributed by atoms with van der Waals surface area (Å²) in [4.78, 5) is 15.5. The maximum atomic E-state index is 11.3. The summed E-state index contributed by atoms with van der Waals surface area (Å²) in [6.45, 7) is 3.85. The summed E-state index contributed by atoms with van der Waals surface area (Å²) in [5, 5.41) is 5.99. The lowest BCUT2D eigenvalue weighted by atomic mass is 10.2. The van der Waals surface area contributed by atoms with Crippen LogP contribution in [0.25, 0.3) is 0 Å². The third-order valence-electron chi connectivity index (χ3n) is 2.76. The average molecular weight is 334 g/mol. The molecule has 0 saturated heterocycles. The minimum absolute atomic E-state index is 0.0421. The van der Waals surface area contributed by atoms with Crippen LogP contribution in [0.15, 0.2) is 41.0 Å². The van der Waals surface area contributed by atoms with Crippen LogP contribution >= 0.6 is 15.9 Å². The van der Waals surface area contributed by atoms with Crippen LogP contribution in [0.4, 0.5) is 17.2 Å². The van der Waals surface area contributed by atoms with Crippen LogP contribution < -0.4 is 10.6 Å². The molecule has 2 rings (SSSR count). The van der Waals surface area contributed by atoms with E-state index in [0.717, 1.165) is 15.8 Å². The fourth-order valence-electron chi connectivity index (χ4n) is 1.65. The minimum atomic E-state index is -0.0421. The van der Waals surface area contributed by atoms with Crippen molar-refractivity contribution in [3.8, 4) is 0 Å². The zero-order chi connectivity index (χ0) is 14.5. The van der Waals surface area contributed by atoms with Crippen molar-refractivity contribution < 1.29 is 4.79 Å². The number of aryl methyl sites for hydroxylation is 1. The van der Waals surface area contributed by atoms with E-state index in [4.69, 9.17) is 0 Å². The van der Waals surface area contributed by atoms with Crippen molar-refractivity contribution in [1.82, 2.24) is 4.98 Å². The van der Waals surface area contributed by atoms with E-state index in [1.54, 1.807) is 19.2 Å². The average Bonchev–Trinajstić information content (AvgIpc) is 2.44. The highest BCUT2D eigenvalue weighted by molar-refractivity contribution is 9.10. The Morgan fingerprint density at radius 2 is 2.10 bits per heavy atom. The fourth-order valence-corrected chi connectivity index (χ4v) is 2.24. The van der Waals surface area contributed by atoms with Gasteiger partial charge in [-0.1, -0.05) is 13.0 Å². The lowest BCUT2D eigenvalue weighted by Crippen LogP contribution is -2.10. The van der Waals surface area contributed by atoms with Crippen LogP contribution in [0.2, 0.25) is 0 Å². The molecule has 5 heteroatoms. The van der Waals surface area contributed by atoms with Gasteiger partial charge in [-0.25, -0.2) is 4.98 Å². The summed E-state index contributed by atoms with van der Waals surface area (Å²) < 4.78 is 1.00. The van der Waals surface area contributed by atoms with Crippen molar-refractivity contribution in [3.63, 3.8) is 0 Å². The van der Waals surface area contributed by atoms with Crippen molar-refractivity contribution in [2.24, 2.45) is 0 Å². The van der Waals surface area contributed by atoms with Crippen LogP contribution in [0.5, 0.6) is 0 Å². The summed E-state index contributed by atoms with van der Waals surface area (Å²) in [7, 11) is 0. The summed E-state index contributed by atoms with van der Waals surface area (Å²) in [6, 6.07) is 9.75. The van der Waals surface area contributed by atoms with Gasteiger partial charge in [-0.05, 0) is 52.7 Å². The summed E-state index contributed by atoms with van der Waals surface area (Å²) in [5.74, 6) is 0.518. The van der Waals surface area contributed by atoms with Gasteiger partial charge < -0.3 is 10.6 Å². The maximum Gasteiger partial charge on any atom is 0.225 e. The fraction of sp³-hybridized carbons (Fsp3) is 0.200.